The van der Waals surface area contributed by atoms with Gasteiger partial charge in [-0.25, -0.2) is 13.2 Å². The maximum atomic E-state index is 14.9. The van der Waals surface area contributed by atoms with E-state index in [2.05, 4.69) is 0 Å². The number of unbranched alkanes of at least 4 members (excludes halogenated alkanes) is 1. The molecule has 0 atom stereocenters. The van der Waals surface area contributed by atoms with Crippen molar-refractivity contribution in [3.05, 3.63) is 89.7 Å². The third-order valence-corrected chi connectivity index (χ3v) is 5.73. The Morgan fingerprint density at radius 2 is 1.37 bits per heavy atom. The van der Waals surface area contributed by atoms with Gasteiger partial charge >= 0.3 is 0 Å². The highest BCUT2D eigenvalue weighted by atomic mass is 19.2. The van der Waals surface area contributed by atoms with Crippen molar-refractivity contribution in [1.82, 2.24) is 0 Å². The summed E-state index contributed by atoms with van der Waals surface area (Å²) in [6.07, 6.45) is 3.79. The van der Waals surface area contributed by atoms with Crippen LogP contribution in [0.5, 0.6) is 5.75 Å². The van der Waals surface area contributed by atoms with Gasteiger partial charge in [0.1, 0.15) is 0 Å². The first-order chi connectivity index (χ1) is 16.9. The maximum absolute atomic E-state index is 14.9. The molecular weight excluding hydrogens is 460 g/mol. The second-order valence-electron chi connectivity index (χ2n) is 8.53. The first-order valence-corrected chi connectivity index (χ1v) is 11.5. The molecule has 0 amide bonds. The van der Waals surface area contributed by atoms with Crippen molar-refractivity contribution in [2.45, 2.75) is 33.0 Å². The van der Waals surface area contributed by atoms with Crippen molar-refractivity contribution < 1.29 is 31.8 Å². The zero-order chi connectivity index (χ0) is 24.9. The van der Waals surface area contributed by atoms with Crippen molar-refractivity contribution in [2.24, 2.45) is 5.92 Å². The topological polar surface area (TPSA) is 27.7 Å². The van der Waals surface area contributed by atoms with Gasteiger partial charge in [-0.1, -0.05) is 56.7 Å². The van der Waals surface area contributed by atoms with Crippen LogP contribution in [0.15, 0.2) is 60.9 Å². The summed E-state index contributed by atoms with van der Waals surface area (Å²) >= 11 is 0. The van der Waals surface area contributed by atoms with Gasteiger partial charge in [0, 0.05) is 22.6 Å². The predicted molar refractivity (Wildman–Crippen MR) is 126 cm³/mol. The molecule has 7 heteroatoms. The standard InChI is InChI=1S/C28H26F4O3/c1-3-4-5-14-33-23-13-12-21(25(30)27(23)32)19-8-6-18(7-9-19)20-10-11-22(26(31)24(20)29)28-34-15-17(2)16-35-28/h5-14,17,28H,3-4,15-16H2,1-2H3/b14-5-. The zero-order valence-corrected chi connectivity index (χ0v) is 19.5. The molecule has 184 valence electrons. The molecule has 0 N–H and O–H groups in total. The number of halogens is 4. The highest BCUT2D eigenvalue weighted by molar-refractivity contribution is 5.71. The van der Waals surface area contributed by atoms with Crippen LogP contribution in [0.1, 0.15) is 38.5 Å². The first-order valence-electron chi connectivity index (χ1n) is 11.5. The quantitative estimate of drug-likeness (QED) is 0.251. The highest BCUT2D eigenvalue weighted by Gasteiger charge is 2.26. The Labute approximate surface area is 202 Å². The van der Waals surface area contributed by atoms with Gasteiger partial charge in [0.2, 0.25) is 5.82 Å². The molecule has 0 unspecified atom stereocenters. The highest BCUT2D eigenvalue weighted by Crippen LogP contribution is 2.35. The molecule has 1 saturated heterocycles. The molecule has 1 heterocycles. The molecule has 0 saturated carbocycles. The fraction of sp³-hybridized carbons (Fsp3) is 0.286. The first kappa shape index (κ1) is 24.9. The maximum Gasteiger partial charge on any atom is 0.201 e. The van der Waals surface area contributed by atoms with E-state index in [-0.39, 0.29) is 28.4 Å². The molecule has 1 aliphatic rings. The summed E-state index contributed by atoms with van der Waals surface area (Å²) in [4.78, 5) is 0. The van der Waals surface area contributed by atoms with Gasteiger partial charge in [0.15, 0.2) is 29.5 Å². The van der Waals surface area contributed by atoms with E-state index in [9.17, 15) is 17.6 Å². The van der Waals surface area contributed by atoms with Crippen LogP contribution in [-0.4, -0.2) is 13.2 Å². The summed E-state index contributed by atoms with van der Waals surface area (Å²) in [6, 6.07) is 11.7. The number of ether oxygens (including phenoxy) is 3. The molecule has 1 fully saturated rings. The molecule has 3 aromatic carbocycles. The van der Waals surface area contributed by atoms with E-state index >= 15 is 0 Å². The van der Waals surface area contributed by atoms with Gasteiger partial charge in [0.25, 0.3) is 0 Å². The van der Waals surface area contributed by atoms with Gasteiger partial charge in [0.05, 0.1) is 19.5 Å². The minimum absolute atomic E-state index is 0.000774. The second kappa shape index (κ2) is 11.1. The summed E-state index contributed by atoms with van der Waals surface area (Å²) in [6.45, 7) is 4.73. The summed E-state index contributed by atoms with van der Waals surface area (Å²) in [7, 11) is 0. The van der Waals surface area contributed by atoms with E-state index in [1.807, 2.05) is 13.8 Å². The van der Waals surface area contributed by atoms with Crippen molar-refractivity contribution in [3.8, 4) is 28.0 Å². The zero-order valence-electron chi connectivity index (χ0n) is 19.5. The fourth-order valence-corrected chi connectivity index (χ4v) is 3.78. The van der Waals surface area contributed by atoms with Gasteiger partial charge < -0.3 is 14.2 Å². The smallest absolute Gasteiger partial charge is 0.201 e. The van der Waals surface area contributed by atoms with Crippen molar-refractivity contribution in [2.75, 3.05) is 13.2 Å². The lowest BCUT2D eigenvalue weighted by Crippen LogP contribution is -2.25. The lowest BCUT2D eigenvalue weighted by Gasteiger charge is -2.28. The number of benzene rings is 3. The molecule has 0 aromatic heterocycles. The van der Waals surface area contributed by atoms with Crippen LogP contribution in [0.3, 0.4) is 0 Å². The summed E-state index contributed by atoms with van der Waals surface area (Å²) < 4.78 is 75.0. The molecule has 0 bridgehead atoms. The molecule has 4 rings (SSSR count). The Bertz CT molecular complexity index is 1200. The number of allylic oxidation sites excluding steroid dienone is 1. The van der Waals surface area contributed by atoms with Gasteiger partial charge in [-0.2, -0.15) is 4.39 Å². The van der Waals surface area contributed by atoms with Crippen LogP contribution in [-0.2, 0) is 9.47 Å². The summed E-state index contributed by atoms with van der Waals surface area (Å²) in [5.41, 5.74) is 0.837. The molecular formula is C28H26F4O3. The van der Waals surface area contributed by atoms with Gasteiger partial charge in [-0.05, 0) is 35.8 Å². The summed E-state index contributed by atoms with van der Waals surface area (Å²) in [5.74, 6) is -4.26. The van der Waals surface area contributed by atoms with Crippen LogP contribution in [0.2, 0.25) is 0 Å². The molecule has 1 aliphatic heterocycles. The predicted octanol–water partition coefficient (Wildman–Crippen LogP) is 7.95. The second-order valence-corrected chi connectivity index (χ2v) is 8.53. The Kier molecular flexibility index (Phi) is 7.88. The van der Waals surface area contributed by atoms with Crippen molar-refractivity contribution in [3.63, 3.8) is 0 Å². The van der Waals surface area contributed by atoms with Gasteiger partial charge in [-0.3, -0.25) is 0 Å². The third-order valence-electron chi connectivity index (χ3n) is 5.73. The normalized spacial score (nSPS) is 18.2. The minimum atomic E-state index is -1.10. The Morgan fingerprint density at radius 1 is 0.800 bits per heavy atom. The van der Waals surface area contributed by atoms with Gasteiger partial charge in [-0.15, -0.1) is 0 Å². The molecule has 0 radical (unpaired) electrons. The SMILES string of the molecule is CCC/C=C\Oc1ccc(-c2ccc(-c3ccc(C4OCC(C)CO4)c(F)c3F)cc2)c(F)c1F. The van der Waals surface area contributed by atoms with Crippen LogP contribution < -0.4 is 4.74 Å². The molecule has 3 nitrogen and oxygen atoms in total. The van der Waals surface area contributed by atoms with Crippen molar-refractivity contribution >= 4 is 0 Å². The number of hydrogen-bond acceptors (Lipinski definition) is 3. The lowest BCUT2D eigenvalue weighted by molar-refractivity contribution is -0.203. The Hall–Kier alpha value is -3.16. The minimum Gasteiger partial charge on any atom is -0.462 e. The van der Waals surface area contributed by atoms with E-state index in [0.717, 1.165) is 12.8 Å². The van der Waals surface area contributed by atoms with E-state index in [1.165, 1.54) is 54.8 Å². The van der Waals surface area contributed by atoms with E-state index < -0.39 is 29.6 Å². The fourth-order valence-electron chi connectivity index (χ4n) is 3.78. The third kappa shape index (κ3) is 5.41. The van der Waals surface area contributed by atoms with Crippen molar-refractivity contribution in [1.29, 1.82) is 0 Å². The largest absolute Gasteiger partial charge is 0.462 e. The van der Waals surface area contributed by atoms with Crippen LogP contribution in [0.4, 0.5) is 17.6 Å². The summed E-state index contributed by atoms with van der Waals surface area (Å²) in [5, 5.41) is 0. The number of rotatable bonds is 7. The molecule has 0 spiro atoms. The average Bonchev–Trinajstić information content (AvgIpc) is 2.87. The molecule has 3 aromatic rings. The monoisotopic (exact) mass is 486 g/mol. The Morgan fingerprint density at radius 3 is 1.97 bits per heavy atom. The average molecular weight is 487 g/mol. The molecule has 35 heavy (non-hydrogen) atoms. The van der Waals surface area contributed by atoms with E-state index in [1.54, 1.807) is 6.08 Å². The van der Waals surface area contributed by atoms with Crippen LogP contribution in [0, 0.1) is 29.2 Å². The van der Waals surface area contributed by atoms with Crippen LogP contribution >= 0.6 is 0 Å². The van der Waals surface area contributed by atoms with Crippen LogP contribution in [0.25, 0.3) is 22.3 Å². The van der Waals surface area contributed by atoms with E-state index in [4.69, 9.17) is 14.2 Å². The van der Waals surface area contributed by atoms with E-state index in [0.29, 0.717) is 24.3 Å². The lowest BCUT2D eigenvalue weighted by atomic mass is 9.98. The number of hydrogen-bond donors (Lipinski definition) is 0. The Balaban J connectivity index is 1.55. The molecule has 0 aliphatic carbocycles.